The number of rotatable bonds is 3. The molecule has 2 atom stereocenters. The molecular formula is C24H21NO2. The summed E-state index contributed by atoms with van der Waals surface area (Å²) >= 11 is 0. The summed E-state index contributed by atoms with van der Waals surface area (Å²) in [6.07, 6.45) is 1.82. The van der Waals surface area contributed by atoms with Crippen LogP contribution in [0.1, 0.15) is 52.6 Å². The topological polar surface area (TPSA) is 39.2 Å². The molecular weight excluding hydrogens is 334 g/mol. The van der Waals surface area contributed by atoms with Crippen molar-refractivity contribution in [2.75, 3.05) is 6.61 Å². The molecule has 0 amide bonds. The highest BCUT2D eigenvalue weighted by Crippen LogP contribution is 2.61. The first kappa shape index (κ1) is 16.2. The second kappa shape index (κ2) is 6.34. The summed E-state index contributed by atoms with van der Waals surface area (Å²) in [5.41, 5.74) is 6.11. The molecule has 3 aliphatic carbocycles. The lowest BCUT2D eigenvalue weighted by Gasteiger charge is -2.49. The molecule has 0 N–H and O–H groups in total. The Kier molecular flexibility index (Phi) is 3.82. The van der Waals surface area contributed by atoms with Crippen molar-refractivity contribution in [3.05, 3.63) is 101 Å². The van der Waals surface area contributed by atoms with Crippen LogP contribution in [0.2, 0.25) is 0 Å². The number of nitrogens with zero attached hydrogens (tertiary/aromatic N) is 1. The van der Waals surface area contributed by atoms with E-state index in [1.165, 1.54) is 22.3 Å². The molecule has 1 aromatic heterocycles. The molecule has 0 fully saturated rings. The molecule has 0 radical (unpaired) electrons. The molecule has 6 rings (SSSR count). The monoisotopic (exact) mass is 355 g/mol. The Bertz CT molecular complexity index is 951. The first-order valence-corrected chi connectivity index (χ1v) is 9.56. The van der Waals surface area contributed by atoms with Gasteiger partial charge < -0.3 is 4.74 Å². The first-order chi connectivity index (χ1) is 13.3. The molecule has 3 nitrogen and oxygen atoms in total. The maximum atomic E-state index is 13.1. The zero-order valence-electron chi connectivity index (χ0n) is 15.2. The van der Waals surface area contributed by atoms with Crippen LogP contribution in [-0.2, 0) is 9.53 Å². The summed E-state index contributed by atoms with van der Waals surface area (Å²) in [4.78, 5) is 17.8. The van der Waals surface area contributed by atoms with Crippen LogP contribution in [-0.4, -0.2) is 17.6 Å². The summed E-state index contributed by atoms with van der Waals surface area (Å²) < 4.78 is 5.55. The minimum Gasteiger partial charge on any atom is -0.466 e. The van der Waals surface area contributed by atoms with Gasteiger partial charge in [0, 0.05) is 29.6 Å². The van der Waals surface area contributed by atoms with E-state index >= 15 is 0 Å². The molecule has 1 heterocycles. The third-order valence-corrected chi connectivity index (χ3v) is 6.03. The van der Waals surface area contributed by atoms with Crippen LogP contribution in [0.3, 0.4) is 0 Å². The van der Waals surface area contributed by atoms with Crippen molar-refractivity contribution in [3.8, 4) is 0 Å². The number of hydrogen-bond acceptors (Lipinski definition) is 3. The molecule has 0 saturated carbocycles. The summed E-state index contributed by atoms with van der Waals surface area (Å²) in [6.45, 7) is 2.27. The van der Waals surface area contributed by atoms with E-state index in [4.69, 9.17) is 4.74 Å². The van der Waals surface area contributed by atoms with E-state index in [2.05, 4.69) is 53.5 Å². The van der Waals surface area contributed by atoms with Crippen molar-refractivity contribution >= 4 is 5.97 Å². The van der Waals surface area contributed by atoms with Crippen LogP contribution in [0.15, 0.2) is 72.9 Å². The SMILES string of the molecule is CCOC(=O)[C@H]1C2c3ccccc3C(c3ccccc32)[C@@H]1c1ccccn1. The van der Waals surface area contributed by atoms with Gasteiger partial charge in [-0.05, 0) is 41.3 Å². The van der Waals surface area contributed by atoms with Gasteiger partial charge in [0.05, 0.1) is 12.5 Å². The summed E-state index contributed by atoms with van der Waals surface area (Å²) in [5.74, 6) is -0.262. The molecule has 3 heteroatoms. The van der Waals surface area contributed by atoms with E-state index in [-0.39, 0.29) is 29.6 Å². The molecule has 0 aliphatic heterocycles. The minimum atomic E-state index is -0.255. The van der Waals surface area contributed by atoms with Gasteiger partial charge in [0.2, 0.25) is 0 Å². The van der Waals surface area contributed by atoms with Crippen molar-refractivity contribution in [1.29, 1.82) is 0 Å². The zero-order chi connectivity index (χ0) is 18.4. The van der Waals surface area contributed by atoms with E-state index in [1.54, 1.807) is 0 Å². The average molecular weight is 355 g/mol. The number of carbonyl (C=O) groups excluding carboxylic acids is 1. The lowest BCUT2D eigenvalue weighted by atomic mass is 9.53. The van der Waals surface area contributed by atoms with Crippen LogP contribution < -0.4 is 0 Å². The van der Waals surface area contributed by atoms with Crippen molar-refractivity contribution in [2.45, 2.75) is 24.7 Å². The van der Waals surface area contributed by atoms with Gasteiger partial charge in [-0.15, -0.1) is 0 Å². The van der Waals surface area contributed by atoms with Gasteiger partial charge in [0.25, 0.3) is 0 Å². The Morgan fingerprint density at radius 2 is 1.41 bits per heavy atom. The Morgan fingerprint density at radius 3 is 1.93 bits per heavy atom. The number of ether oxygens (including phenoxy) is 1. The van der Waals surface area contributed by atoms with Crippen molar-refractivity contribution in [3.63, 3.8) is 0 Å². The predicted octanol–water partition coefficient (Wildman–Crippen LogP) is 4.64. The maximum Gasteiger partial charge on any atom is 0.310 e. The quantitative estimate of drug-likeness (QED) is 0.643. The number of benzene rings is 2. The van der Waals surface area contributed by atoms with Crippen molar-refractivity contribution in [2.24, 2.45) is 5.92 Å². The molecule has 0 spiro atoms. The lowest BCUT2D eigenvalue weighted by Crippen LogP contribution is -2.43. The maximum absolute atomic E-state index is 13.1. The normalized spacial score (nSPS) is 24.8. The molecule has 134 valence electrons. The molecule has 27 heavy (non-hydrogen) atoms. The van der Waals surface area contributed by atoms with Gasteiger partial charge in [-0.1, -0.05) is 54.6 Å². The number of aromatic nitrogens is 1. The highest BCUT2D eigenvalue weighted by molar-refractivity contribution is 5.79. The fourth-order valence-electron chi connectivity index (χ4n) is 5.13. The highest BCUT2D eigenvalue weighted by atomic mass is 16.5. The van der Waals surface area contributed by atoms with E-state index in [0.29, 0.717) is 6.61 Å². The van der Waals surface area contributed by atoms with E-state index < -0.39 is 0 Å². The molecule has 0 saturated heterocycles. The van der Waals surface area contributed by atoms with Crippen molar-refractivity contribution < 1.29 is 9.53 Å². The smallest absolute Gasteiger partial charge is 0.310 e. The Hall–Kier alpha value is -2.94. The van der Waals surface area contributed by atoms with Crippen LogP contribution in [0.4, 0.5) is 0 Å². The van der Waals surface area contributed by atoms with Gasteiger partial charge in [-0.2, -0.15) is 0 Å². The molecule has 3 aromatic rings. The molecule has 2 bridgehead atoms. The fourth-order valence-corrected chi connectivity index (χ4v) is 5.13. The number of carbonyl (C=O) groups is 1. The largest absolute Gasteiger partial charge is 0.466 e. The van der Waals surface area contributed by atoms with Gasteiger partial charge in [0.15, 0.2) is 0 Å². The molecule has 3 aliphatic rings. The highest BCUT2D eigenvalue weighted by Gasteiger charge is 2.53. The second-order valence-electron chi connectivity index (χ2n) is 7.27. The van der Waals surface area contributed by atoms with E-state index in [0.717, 1.165) is 5.69 Å². The standard InChI is InChI=1S/C24H21NO2/c1-2-27-24(26)23-21-17-11-5-3-9-15(17)20(16-10-4-6-12-18(16)21)22(23)19-13-7-8-14-25-19/h3-14,20-23H,2H2,1H3/t20?,21?,22-,23-/m0/s1. The average Bonchev–Trinajstić information content (AvgIpc) is 2.74. The Labute approximate surface area is 159 Å². The third kappa shape index (κ3) is 2.34. The Balaban J connectivity index is 1.79. The zero-order valence-corrected chi connectivity index (χ0v) is 15.2. The summed E-state index contributed by atoms with van der Waals surface area (Å²) in [5, 5.41) is 0. The number of pyridine rings is 1. The summed E-state index contributed by atoms with van der Waals surface area (Å²) in [6, 6.07) is 23.1. The first-order valence-electron chi connectivity index (χ1n) is 9.56. The van der Waals surface area contributed by atoms with Gasteiger partial charge in [-0.25, -0.2) is 0 Å². The van der Waals surface area contributed by atoms with Crippen LogP contribution >= 0.6 is 0 Å². The second-order valence-corrected chi connectivity index (χ2v) is 7.27. The molecule has 2 aromatic carbocycles. The van der Waals surface area contributed by atoms with Gasteiger partial charge in [0.1, 0.15) is 0 Å². The van der Waals surface area contributed by atoms with Crippen LogP contribution in [0, 0.1) is 5.92 Å². The third-order valence-electron chi connectivity index (χ3n) is 6.03. The van der Waals surface area contributed by atoms with Gasteiger partial charge in [-0.3, -0.25) is 9.78 Å². The number of fused-ring (bicyclic) bond motifs is 1. The minimum absolute atomic E-state index is 0.00783. The summed E-state index contributed by atoms with van der Waals surface area (Å²) in [7, 11) is 0. The van der Waals surface area contributed by atoms with E-state index in [1.807, 2.05) is 31.3 Å². The fraction of sp³-hybridized carbons (Fsp3) is 0.250. The van der Waals surface area contributed by atoms with Gasteiger partial charge >= 0.3 is 5.97 Å². The van der Waals surface area contributed by atoms with Crippen LogP contribution in [0.5, 0.6) is 0 Å². The van der Waals surface area contributed by atoms with Crippen LogP contribution in [0.25, 0.3) is 0 Å². The van der Waals surface area contributed by atoms with E-state index in [9.17, 15) is 4.79 Å². The molecule has 0 unspecified atom stereocenters. The lowest BCUT2D eigenvalue weighted by molar-refractivity contribution is -0.150. The Morgan fingerprint density at radius 1 is 0.852 bits per heavy atom. The number of esters is 1. The number of hydrogen-bond donors (Lipinski definition) is 0. The van der Waals surface area contributed by atoms with Crippen molar-refractivity contribution in [1.82, 2.24) is 4.98 Å². The predicted molar refractivity (Wildman–Crippen MR) is 104 cm³/mol.